The van der Waals surface area contributed by atoms with Gasteiger partial charge < -0.3 is 10.3 Å². The molecule has 5 nitrogen and oxygen atoms in total. The fraction of sp³-hybridized carbons (Fsp3) is 0.0625. The molecular weight excluding hydrogens is 266 g/mol. The minimum absolute atomic E-state index is 0.0824. The normalized spacial score (nSPS) is 10.7. The highest BCUT2D eigenvalue weighted by atomic mass is 16.1. The molecule has 1 heterocycles. The summed E-state index contributed by atoms with van der Waals surface area (Å²) in [6.07, 6.45) is 0. The number of fused-ring (bicyclic) bond motifs is 1. The van der Waals surface area contributed by atoms with Crippen LogP contribution in [0.1, 0.15) is 16.1 Å². The first-order chi connectivity index (χ1) is 10.1. The first-order valence-electron chi connectivity index (χ1n) is 6.44. The number of anilines is 1. The second kappa shape index (κ2) is 4.86. The molecule has 2 N–H and O–H groups in total. The summed E-state index contributed by atoms with van der Waals surface area (Å²) in [7, 11) is 1.60. The van der Waals surface area contributed by atoms with Gasteiger partial charge >= 0.3 is 0 Å². The van der Waals surface area contributed by atoms with Gasteiger partial charge in [-0.3, -0.25) is 9.59 Å². The van der Waals surface area contributed by atoms with Crippen molar-refractivity contribution >= 4 is 22.5 Å². The molecule has 0 amide bonds. The Morgan fingerprint density at radius 1 is 1.14 bits per heavy atom. The lowest BCUT2D eigenvalue weighted by Crippen LogP contribution is -2.27. The Morgan fingerprint density at radius 2 is 1.86 bits per heavy atom. The van der Waals surface area contributed by atoms with E-state index in [0.717, 1.165) is 0 Å². The minimum Gasteiger partial charge on any atom is -0.399 e. The fourth-order valence-corrected chi connectivity index (χ4v) is 2.21. The van der Waals surface area contributed by atoms with Crippen molar-refractivity contribution in [2.75, 3.05) is 5.73 Å². The van der Waals surface area contributed by atoms with Gasteiger partial charge in [-0.05, 0) is 18.2 Å². The minimum atomic E-state index is -0.429. The Balaban J connectivity index is 2.25. The third-order valence-corrected chi connectivity index (χ3v) is 3.35. The quantitative estimate of drug-likeness (QED) is 0.572. The van der Waals surface area contributed by atoms with Gasteiger partial charge in [-0.25, -0.2) is 4.98 Å². The summed E-state index contributed by atoms with van der Waals surface area (Å²) in [5, 5.41) is 0. The largest absolute Gasteiger partial charge is 0.399 e. The molecule has 104 valence electrons. The van der Waals surface area contributed by atoms with E-state index in [4.69, 9.17) is 5.73 Å². The number of ketones is 1. The van der Waals surface area contributed by atoms with Crippen LogP contribution in [0.15, 0.2) is 53.3 Å². The van der Waals surface area contributed by atoms with Crippen molar-refractivity contribution in [2.24, 2.45) is 7.05 Å². The number of aryl methyl sites for hydroxylation is 1. The molecule has 0 atom stereocenters. The molecule has 0 bridgehead atoms. The van der Waals surface area contributed by atoms with Crippen LogP contribution in [-0.2, 0) is 7.05 Å². The molecular formula is C16H13N3O2. The second-order valence-corrected chi connectivity index (χ2v) is 4.77. The fourth-order valence-electron chi connectivity index (χ4n) is 2.21. The number of hydrogen-bond acceptors (Lipinski definition) is 4. The monoisotopic (exact) mass is 279 g/mol. The maximum atomic E-state index is 12.4. The number of benzene rings is 2. The standard InChI is InChI=1S/C16H13N3O2/c1-19-13-9-11(17)7-8-12(13)18-14(16(19)21)15(20)10-5-3-2-4-6-10/h2-9H,17H2,1H3. The molecule has 0 fully saturated rings. The van der Waals surface area contributed by atoms with Crippen LogP contribution in [0.4, 0.5) is 5.69 Å². The zero-order chi connectivity index (χ0) is 15.0. The molecule has 0 aliphatic heterocycles. The molecule has 0 aliphatic carbocycles. The lowest BCUT2D eigenvalue weighted by molar-refractivity contribution is 0.103. The van der Waals surface area contributed by atoms with Crippen molar-refractivity contribution in [1.82, 2.24) is 9.55 Å². The average Bonchev–Trinajstić information content (AvgIpc) is 2.51. The van der Waals surface area contributed by atoms with E-state index in [1.54, 1.807) is 49.5 Å². The highest BCUT2D eigenvalue weighted by Gasteiger charge is 2.17. The third kappa shape index (κ3) is 2.18. The highest BCUT2D eigenvalue weighted by Crippen LogP contribution is 2.15. The zero-order valence-corrected chi connectivity index (χ0v) is 11.4. The number of nitrogens with zero attached hydrogens (tertiary/aromatic N) is 2. The molecule has 21 heavy (non-hydrogen) atoms. The van der Waals surface area contributed by atoms with E-state index in [0.29, 0.717) is 22.3 Å². The molecule has 0 saturated carbocycles. The third-order valence-electron chi connectivity index (χ3n) is 3.35. The van der Waals surface area contributed by atoms with Gasteiger partial charge in [-0.2, -0.15) is 0 Å². The van der Waals surface area contributed by atoms with Crippen LogP contribution in [0, 0.1) is 0 Å². The van der Waals surface area contributed by atoms with Gasteiger partial charge in [0.2, 0.25) is 5.78 Å². The van der Waals surface area contributed by atoms with Crippen LogP contribution in [-0.4, -0.2) is 15.3 Å². The van der Waals surface area contributed by atoms with E-state index >= 15 is 0 Å². The molecule has 3 rings (SSSR count). The predicted octanol–water partition coefficient (Wildman–Crippen LogP) is 1.75. The molecule has 1 aromatic heterocycles. The zero-order valence-electron chi connectivity index (χ0n) is 11.4. The van der Waals surface area contributed by atoms with Crippen LogP contribution in [0.25, 0.3) is 11.0 Å². The van der Waals surface area contributed by atoms with Gasteiger partial charge in [-0.15, -0.1) is 0 Å². The highest BCUT2D eigenvalue weighted by molar-refractivity contribution is 6.08. The maximum absolute atomic E-state index is 12.4. The number of carbonyl (C=O) groups excluding carboxylic acids is 1. The van der Waals surface area contributed by atoms with E-state index in [2.05, 4.69) is 4.98 Å². The number of aromatic nitrogens is 2. The Hall–Kier alpha value is -2.95. The Kier molecular flexibility index (Phi) is 3.02. The first kappa shape index (κ1) is 13.1. The lowest BCUT2D eigenvalue weighted by atomic mass is 10.1. The molecule has 3 aromatic rings. The van der Waals surface area contributed by atoms with Gasteiger partial charge in [0, 0.05) is 18.3 Å². The van der Waals surface area contributed by atoms with Gasteiger partial charge in [0.05, 0.1) is 11.0 Å². The smallest absolute Gasteiger partial charge is 0.280 e. The van der Waals surface area contributed by atoms with Crippen LogP contribution in [0.5, 0.6) is 0 Å². The molecule has 0 saturated heterocycles. The van der Waals surface area contributed by atoms with Crippen LogP contribution in [0.3, 0.4) is 0 Å². The SMILES string of the molecule is Cn1c(=O)c(C(=O)c2ccccc2)nc2ccc(N)cc21. The molecule has 0 radical (unpaired) electrons. The van der Waals surface area contributed by atoms with Crippen LogP contribution < -0.4 is 11.3 Å². The molecule has 5 heteroatoms. The van der Waals surface area contributed by atoms with Crippen molar-refractivity contribution < 1.29 is 4.79 Å². The summed E-state index contributed by atoms with van der Waals surface area (Å²) >= 11 is 0. The Morgan fingerprint density at radius 3 is 2.57 bits per heavy atom. The predicted molar refractivity (Wildman–Crippen MR) is 81.3 cm³/mol. The van der Waals surface area contributed by atoms with E-state index in [1.165, 1.54) is 4.57 Å². The molecule has 0 spiro atoms. The Labute approximate surface area is 120 Å². The second-order valence-electron chi connectivity index (χ2n) is 4.77. The van der Waals surface area contributed by atoms with E-state index in [9.17, 15) is 9.59 Å². The van der Waals surface area contributed by atoms with E-state index < -0.39 is 5.56 Å². The molecule has 0 unspecified atom stereocenters. The number of nitrogen functional groups attached to an aromatic ring is 1. The average molecular weight is 279 g/mol. The Bertz CT molecular complexity index is 899. The summed E-state index contributed by atoms with van der Waals surface area (Å²) in [5.74, 6) is -0.380. The van der Waals surface area contributed by atoms with Crippen LogP contribution >= 0.6 is 0 Å². The lowest BCUT2D eigenvalue weighted by Gasteiger charge is -2.08. The van der Waals surface area contributed by atoms with E-state index in [1.807, 2.05) is 6.07 Å². The van der Waals surface area contributed by atoms with E-state index in [-0.39, 0.29) is 11.5 Å². The maximum Gasteiger partial charge on any atom is 0.280 e. The van der Waals surface area contributed by atoms with Crippen molar-refractivity contribution in [2.45, 2.75) is 0 Å². The summed E-state index contributed by atoms with van der Waals surface area (Å²) in [5.41, 5.74) is 7.36. The van der Waals surface area contributed by atoms with Crippen molar-refractivity contribution in [3.63, 3.8) is 0 Å². The van der Waals surface area contributed by atoms with Crippen molar-refractivity contribution in [1.29, 1.82) is 0 Å². The summed E-state index contributed by atoms with van der Waals surface area (Å²) < 4.78 is 1.40. The topological polar surface area (TPSA) is 78.0 Å². The first-order valence-corrected chi connectivity index (χ1v) is 6.44. The number of hydrogen-bond donors (Lipinski definition) is 1. The van der Waals surface area contributed by atoms with Crippen molar-refractivity contribution in [3.05, 3.63) is 70.1 Å². The van der Waals surface area contributed by atoms with Crippen LogP contribution in [0.2, 0.25) is 0 Å². The molecule has 0 aliphatic rings. The number of nitrogens with two attached hydrogens (primary N) is 1. The number of rotatable bonds is 2. The van der Waals surface area contributed by atoms with Gasteiger partial charge in [0.1, 0.15) is 0 Å². The molecule has 2 aromatic carbocycles. The number of carbonyl (C=O) groups is 1. The van der Waals surface area contributed by atoms with Crippen molar-refractivity contribution in [3.8, 4) is 0 Å². The van der Waals surface area contributed by atoms with Gasteiger partial charge in [0.25, 0.3) is 5.56 Å². The summed E-state index contributed by atoms with van der Waals surface area (Å²) in [6.45, 7) is 0. The summed E-state index contributed by atoms with van der Waals surface area (Å²) in [6, 6.07) is 13.7. The van der Waals surface area contributed by atoms with Gasteiger partial charge in [0.15, 0.2) is 5.69 Å². The van der Waals surface area contributed by atoms with Gasteiger partial charge in [-0.1, -0.05) is 30.3 Å². The summed E-state index contributed by atoms with van der Waals surface area (Å²) in [4.78, 5) is 29.0.